The van der Waals surface area contributed by atoms with E-state index in [0.717, 1.165) is 68.0 Å². The van der Waals surface area contributed by atoms with E-state index >= 15 is 0 Å². The molecule has 6 aromatic rings. The van der Waals surface area contributed by atoms with Crippen molar-refractivity contribution >= 4 is 49.8 Å². The molecule has 2 aliphatic rings. The lowest BCUT2D eigenvalue weighted by Crippen LogP contribution is -2.34. The van der Waals surface area contributed by atoms with Crippen LogP contribution in [0, 0.1) is 11.8 Å². The van der Waals surface area contributed by atoms with Crippen LogP contribution in [0.1, 0.15) is 67.7 Å². The van der Waals surface area contributed by atoms with Gasteiger partial charge in [0.05, 0.1) is 38.3 Å². The van der Waals surface area contributed by atoms with E-state index in [1.54, 1.807) is 0 Å². The molecule has 0 aromatic heterocycles. The number of benzene rings is 6. The van der Waals surface area contributed by atoms with E-state index in [0.29, 0.717) is 45.7 Å². The number of rotatable bonds is 18. The minimum Gasteiger partial charge on any atom is -0.481 e. The number of ether oxygens (including phenoxy) is 5. The number of carboxylic acids is 1. The summed E-state index contributed by atoms with van der Waals surface area (Å²) in [6.45, 7) is 3.05. The fraction of sp³-hybridized carbons (Fsp3) is 0.304. The number of hydrogen-bond acceptors (Lipinski definition) is 8. The Morgan fingerprint density at radius 1 is 0.522 bits per heavy atom. The lowest BCUT2D eigenvalue weighted by molar-refractivity contribution is -0.189. The number of carboxylic acid groups (broad SMARTS) is 1. The molecule has 1 N–H and O–H groups in total. The van der Waals surface area contributed by atoms with Crippen LogP contribution in [0.3, 0.4) is 0 Å². The largest absolute Gasteiger partial charge is 0.481 e. The van der Waals surface area contributed by atoms with Crippen LogP contribution in [-0.4, -0.2) is 49.4 Å². The number of aliphatic carboxylic acids is 1. The second kappa shape index (κ2) is 24.1. The zero-order valence-electron chi connectivity index (χ0n) is 37.6. The van der Waals surface area contributed by atoms with Gasteiger partial charge in [-0.15, -0.1) is 0 Å². The van der Waals surface area contributed by atoms with Gasteiger partial charge in [-0.25, -0.2) is 0 Å². The van der Waals surface area contributed by atoms with Crippen molar-refractivity contribution in [3.63, 3.8) is 0 Å². The Labute approximate surface area is 410 Å². The molecule has 2 aliphatic heterocycles. The van der Waals surface area contributed by atoms with Gasteiger partial charge in [-0.05, 0) is 96.2 Å². The molecule has 0 radical (unpaired) electrons. The molecule has 2 fully saturated rings. The predicted octanol–water partition coefficient (Wildman–Crippen LogP) is 12.9. The number of carbonyl (C=O) groups excluding carboxylic acids is 2. The molecule has 67 heavy (non-hydrogen) atoms. The van der Waals surface area contributed by atoms with Crippen LogP contribution >= 0.6 is 31.9 Å². The topological polar surface area (TPSA) is 118 Å². The van der Waals surface area contributed by atoms with Gasteiger partial charge in [-0.3, -0.25) is 14.4 Å². The van der Waals surface area contributed by atoms with Crippen molar-refractivity contribution < 1.29 is 43.2 Å². The summed E-state index contributed by atoms with van der Waals surface area (Å²) in [5, 5.41) is 9.89. The smallest absolute Gasteiger partial charge is 0.316 e. The number of halogens is 2. The van der Waals surface area contributed by atoms with Gasteiger partial charge in [0, 0.05) is 39.8 Å². The Balaban J connectivity index is 0.000000200. The first-order valence-electron chi connectivity index (χ1n) is 22.8. The van der Waals surface area contributed by atoms with Crippen molar-refractivity contribution in [2.45, 2.75) is 69.9 Å². The fourth-order valence-corrected chi connectivity index (χ4v) is 9.25. The summed E-state index contributed by atoms with van der Waals surface area (Å²) in [5.74, 6) is -5.07. The van der Waals surface area contributed by atoms with Crippen LogP contribution in [0.15, 0.2) is 167 Å². The molecule has 0 amide bonds. The maximum atomic E-state index is 12.9. The third-order valence-corrected chi connectivity index (χ3v) is 13.2. The highest BCUT2D eigenvalue weighted by atomic mass is 79.9. The van der Waals surface area contributed by atoms with E-state index in [1.807, 2.05) is 109 Å². The molecule has 348 valence electrons. The third-order valence-electron chi connectivity index (χ3n) is 12.2. The second-order valence-electron chi connectivity index (χ2n) is 16.9. The molecule has 11 heteroatoms. The van der Waals surface area contributed by atoms with Gasteiger partial charge in [0.25, 0.3) is 0 Å². The molecule has 6 aromatic carbocycles. The number of hydrogen-bond donors (Lipinski definition) is 1. The summed E-state index contributed by atoms with van der Waals surface area (Å²) in [5.41, 5.74) is 8.53. The Morgan fingerprint density at radius 3 is 1.22 bits per heavy atom. The molecular formula is C56H56Br2O9. The van der Waals surface area contributed by atoms with Crippen LogP contribution < -0.4 is 0 Å². The molecule has 2 saturated heterocycles. The number of carbonyl (C=O) groups is 3. The van der Waals surface area contributed by atoms with E-state index in [-0.39, 0.29) is 6.42 Å². The summed E-state index contributed by atoms with van der Waals surface area (Å²) >= 11 is 6.94. The van der Waals surface area contributed by atoms with Crippen LogP contribution in [0.5, 0.6) is 0 Å². The number of esters is 2. The SMILES string of the molecule is CC(=O)OC(=O)[C@@H](CCCc1ccccc1)CC1(c2ccc(-c3ccc(Br)cc3)cc2)OCCO1.O=C(O)[C@@H](CCCc1ccccc1)CC1(c2ccc(-c3ccc(Br)cc3)cc2)OCCO1. The lowest BCUT2D eigenvalue weighted by atomic mass is 9.88. The normalized spacial score (nSPS) is 15.7. The van der Waals surface area contributed by atoms with Crippen molar-refractivity contribution in [3.8, 4) is 22.3 Å². The first kappa shape index (κ1) is 49.6. The first-order chi connectivity index (χ1) is 32.5. The van der Waals surface area contributed by atoms with Crippen LogP contribution in [0.25, 0.3) is 22.3 Å². The Kier molecular flexibility index (Phi) is 17.9. The molecule has 0 bridgehead atoms. The average molecular weight is 1030 g/mol. The quantitative estimate of drug-likeness (QED) is 0.0663. The third kappa shape index (κ3) is 13.9. The molecule has 0 aliphatic carbocycles. The van der Waals surface area contributed by atoms with Gasteiger partial charge < -0.3 is 28.8 Å². The fourth-order valence-electron chi connectivity index (χ4n) is 8.72. The van der Waals surface area contributed by atoms with E-state index in [2.05, 4.69) is 80.4 Å². The second-order valence-corrected chi connectivity index (χ2v) is 18.7. The molecule has 0 spiro atoms. The van der Waals surface area contributed by atoms with E-state index in [1.165, 1.54) is 18.1 Å². The lowest BCUT2D eigenvalue weighted by Gasteiger charge is -2.31. The standard InChI is InChI=1S/C29H29BrO5.C27H27BrO4/c1-21(31)35-28(32)25(9-5-8-22-6-3-2-4-7-22)20-29(33-18-19-34-29)26-14-10-23(11-15-26)24-12-16-27(30)17-13-24;28-25-15-11-22(12-16-25)21-9-13-24(14-10-21)27(31-17-18-32-27)19-23(26(29)30)8-4-7-20-5-2-1-3-6-20/h2-4,6-7,10-17,25H,5,8-9,18-20H2,1H3;1-3,5-6,9-16,23H,4,7-8,17-19H2,(H,29,30)/t25-;23-/m00/s1. The zero-order valence-corrected chi connectivity index (χ0v) is 40.8. The molecule has 0 unspecified atom stereocenters. The van der Waals surface area contributed by atoms with Gasteiger partial charge in [0.15, 0.2) is 11.6 Å². The van der Waals surface area contributed by atoms with Crippen molar-refractivity contribution in [2.75, 3.05) is 26.4 Å². The van der Waals surface area contributed by atoms with Crippen molar-refractivity contribution in [2.24, 2.45) is 11.8 Å². The van der Waals surface area contributed by atoms with Gasteiger partial charge >= 0.3 is 17.9 Å². The van der Waals surface area contributed by atoms with Gasteiger partial charge in [0.2, 0.25) is 0 Å². The predicted molar refractivity (Wildman–Crippen MR) is 266 cm³/mol. The Bertz CT molecular complexity index is 2480. The molecule has 2 atom stereocenters. The number of aryl methyl sites for hydroxylation is 2. The molecule has 9 nitrogen and oxygen atoms in total. The van der Waals surface area contributed by atoms with E-state index in [9.17, 15) is 19.5 Å². The van der Waals surface area contributed by atoms with Crippen LogP contribution in [0.4, 0.5) is 0 Å². The Hall–Kier alpha value is -5.27. The zero-order chi connectivity index (χ0) is 47.1. The van der Waals surface area contributed by atoms with Crippen LogP contribution in [-0.2, 0) is 62.5 Å². The van der Waals surface area contributed by atoms with E-state index < -0.39 is 41.3 Å². The molecule has 0 saturated carbocycles. The average Bonchev–Trinajstić information content (AvgIpc) is 4.04. The van der Waals surface area contributed by atoms with Crippen molar-refractivity contribution in [1.29, 1.82) is 0 Å². The Morgan fingerprint density at radius 2 is 0.866 bits per heavy atom. The summed E-state index contributed by atoms with van der Waals surface area (Å²) in [7, 11) is 0. The minimum atomic E-state index is -1.05. The van der Waals surface area contributed by atoms with Gasteiger partial charge in [0.1, 0.15) is 0 Å². The first-order valence-corrected chi connectivity index (χ1v) is 24.4. The summed E-state index contributed by atoms with van der Waals surface area (Å²) in [6.07, 6.45) is 5.00. The monoisotopic (exact) mass is 1030 g/mol. The molecular weight excluding hydrogens is 976 g/mol. The van der Waals surface area contributed by atoms with Crippen molar-refractivity contribution in [1.82, 2.24) is 0 Å². The maximum Gasteiger partial charge on any atom is 0.316 e. The molecule has 2 heterocycles. The highest BCUT2D eigenvalue weighted by molar-refractivity contribution is 9.10. The van der Waals surface area contributed by atoms with E-state index in [4.69, 9.17) is 23.7 Å². The van der Waals surface area contributed by atoms with Crippen molar-refractivity contribution in [3.05, 3.63) is 189 Å². The molecule has 8 rings (SSSR count). The summed E-state index contributed by atoms with van der Waals surface area (Å²) in [6, 6.07) is 52.7. The van der Waals surface area contributed by atoms with Gasteiger partial charge in [-0.2, -0.15) is 0 Å². The van der Waals surface area contributed by atoms with Gasteiger partial charge in [-0.1, -0.05) is 165 Å². The highest BCUT2D eigenvalue weighted by Crippen LogP contribution is 2.41. The maximum absolute atomic E-state index is 12.9. The highest BCUT2D eigenvalue weighted by Gasteiger charge is 2.44. The minimum absolute atomic E-state index is 0.283. The summed E-state index contributed by atoms with van der Waals surface area (Å²) < 4.78 is 31.4. The summed E-state index contributed by atoms with van der Waals surface area (Å²) in [4.78, 5) is 36.4. The van der Waals surface area contributed by atoms with Crippen LogP contribution in [0.2, 0.25) is 0 Å².